The lowest BCUT2D eigenvalue weighted by Gasteiger charge is -2.31. The molecule has 1 fully saturated rings. The van der Waals surface area contributed by atoms with E-state index in [1.165, 1.54) is 0 Å². The van der Waals surface area contributed by atoms with Gasteiger partial charge in [0.1, 0.15) is 6.10 Å². The average molecular weight is 289 g/mol. The van der Waals surface area contributed by atoms with Crippen LogP contribution in [0.1, 0.15) is 23.5 Å². The second-order valence-corrected chi connectivity index (χ2v) is 5.05. The molecule has 2 aromatic heterocycles. The third-order valence-corrected chi connectivity index (χ3v) is 3.49. The van der Waals surface area contributed by atoms with Crippen LogP contribution in [0.25, 0.3) is 0 Å². The molecule has 112 valence electrons. The van der Waals surface area contributed by atoms with Crippen molar-refractivity contribution in [3.05, 3.63) is 35.7 Å². The Hall–Kier alpha value is -1.99. The largest absolute Gasteiger partial charge is 0.387 e. The molecule has 3 heterocycles. The zero-order valence-corrected chi connectivity index (χ0v) is 12.2. The number of anilines is 1. The second-order valence-electron chi connectivity index (χ2n) is 5.05. The Morgan fingerprint density at radius 2 is 2.33 bits per heavy atom. The van der Waals surface area contributed by atoms with Crippen molar-refractivity contribution in [1.29, 1.82) is 0 Å². The van der Waals surface area contributed by atoms with Gasteiger partial charge >= 0.3 is 0 Å². The number of nitrogens with one attached hydrogen (secondary N) is 1. The monoisotopic (exact) mass is 289 g/mol. The molecule has 0 radical (unpaired) electrons. The normalized spacial score (nSPS) is 19.6. The van der Waals surface area contributed by atoms with Crippen molar-refractivity contribution >= 4 is 5.69 Å². The summed E-state index contributed by atoms with van der Waals surface area (Å²) in [5, 5.41) is 7.00. The van der Waals surface area contributed by atoms with E-state index >= 15 is 0 Å². The van der Waals surface area contributed by atoms with Gasteiger partial charge < -0.3 is 14.6 Å². The Balaban J connectivity index is 1.64. The van der Waals surface area contributed by atoms with Crippen LogP contribution in [0.2, 0.25) is 0 Å². The van der Waals surface area contributed by atoms with E-state index in [1.807, 2.05) is 25.4 Å². The first-order valence-corrected chi connectivity index (χ1v) is 7.01. The van der Waals surface area contributed by atoms with Gasteiger partial charge in [0.25, 0.3) is 0 Å². The highest BCUT2D eigenvalue weighted by Gasteiger charge is 2.24. The number of ether oxygens (including phenoxy) is 1. The van der Waals surface area contributed by atoms with Crippen molar-refractivity contribution in [2.24, 2.45) is 0 Å². The maximum absolute atomic E-state index is 5.82. The predicted molar refractivity (Wildman–Crippen MR) is 76.8 cm³/mol. The van der Waals surface area contributed by atoms with Crippen LogP contribution in [-0.4, -0.2) is 46.8 Å². The molecule has 3 rings (SSSR count). The fourth-order valence-electron chi connectivity index (χ4n) is 2.37. The summed E-state index contributed by atoms with van der Waals surface area (Å²) >= 11 is 0. The van der Waals surface area contributed by atoms with Crippen LogP contribution in [0, 0.1) is 6.92 Å². The van der Waals surface area contributed by atoms with Gasteiger partial charge in [-0.1, -0.05) is 5.16 Å². The highest BCUT2D eigenvalue weighted by molar-refractivity contribution is 5.40. The molecule has 0 amide bonds. The summed E-state index contributed by atoms with van der Waals surface area (Å²) in [5.41, 5.74) is 1.94. The molecule has 0 aliphatic carbocycles. The standard InChI is InChI=1S/C14H19N5O2/c1-10-17-14(18-21-10)9-19-5-6-20-13(8-19)12-4-3-11(15-2)7-16-12/h3-4,7,13,15H,5-6,8-9H2,1-2H3/t13-/m1/s1. The van der Waals surface area contributed by atoms with E-state index in [0.29, 0.717) is 24.9 Å². The van der Waals surface area contributed by atoms with Crippen molar-refractivity contribution in [3.8, 4) is 0 Å². The van der Waals surface area contributed by atoms with Gasteiger partial charge in [0.05, 0.1) is 30.7 Å². The number of hydrogen-bond acceptors (Lipinski definition) is 7. The van der Waals surface area contributed by atoms with E-state index < -0.39 is 0 Å². The third kappa shape index (κ3) is 3.37. The molecule has 1 aliphatic heterocycles. The molecule has 0 aromatic carbocycles. The highest BCUT2D eigenvalue weighted by Crippen LogP contribution is 2.22. The van der Waals surface area contributed by atoms with Gasteiger partial charge in [0, 0.05) is 27.1 Å². The number of hydrogen-bond donors (Lipinski definition) is 1. The fourth-order valence-corrected chi connectivity index (χ4v) is 2.37. The molecule has 1 N–H and O–H groups in total. The molecule has 0 bridgehead atoms. The number of aromatic nitrogens is 3. The van der Waals surface area contributed by atoms with Crippen LogP contribution in [0.15, 0.2) is 22.9 Å². The van der Waals surface area contributed by atoms with E-state index in [9.17, 15) is 0 Å². The lowest BCUT2D eigenvalue weighted by atomic mass is 10.2. The zero-order valence-electron chi connectivity index (χ0n) is 12.2. The summed E-state index contributed by atoms with van der Waals surface area (Å²) in [6.45, 7) is 4.78. The van der Waals surface area contributed by atoms with Crippen molar-refractivity contribution in [2.75, 3.05) is 32.1 Å². The molecule has 21 heavy (non-hydrogen) atoms. The minimum atomic E-state index is -0.0161. The molecule has 1 aliphatic rings. The molecule has 2 aromatic rings. The Kier molecular flexibility index (Phi) is 4.12. The van der Waals surface area contributed by atoms with Gasteiger partial charge in [-0.25, -0.2) is 0 Å². The molecule has 7 heteroatoms. The predicted octanol–water partition coefficient (Wildman–Crippen LogP) is 1.39. The Morgan fingerprint density at radius 1 is 1.43 bits per heavy atom. The summed E-state index contributed by atoms with van der Waals surface area (Å²) in [5.74, 6) is 1.31. The summed E-state index contributed by atoms with van der Waals surface area (Å²) in [4.78, 5) is 11.0. The van der Waals surface area contributed by atoms with Crippen molar-refractivity contribution in [3.63, 3.8) is 0 Å². The van der Waals surface area contributed by atoms with E-state index in [-0.39, 0.29) is 6.10 Å². The molecule has 1 atom stereocenters. The lowest BCUT2D eigenvalue weighted by Crippen LogP contribution is -2.38. The molecular weight excluding hydrogens is 270 g/mol. The van der Waals surface area contributed by atoms with E-state index in [0.717, 1.165) is 24.5 Å². The molecule has 0 spiro atoms. The minimum absolute atomic E-state index is 0.0161. The summed E-state index contributed by atoms with van der Waals surface area (Å²) in [6, 6.07) is 4.01. The zero-order chi connectivity index (χ0) is 14.7. The van der Waals surface area contributed by atoms with Crippen LogP contribution in [-0.2, 0) is 11.3 Å². The molecular formula is C14H19N5O2. The van der Waals surface area contributed by atoms with Crippen LogP contribution < -0.4 is 5.32 Å². The van der Waals surface area contributed by atoms with Gasteiger partial charge in [0.15, 0.2) is 5.82 Å². The lowest BCUT2D eigenvalue weighted by molar-refractivity contribution is -0.0358. The fraction of sp³-hybridized carbons (Fsp3) is 0.500. The summed E-state index contributed by atoms with van der Waals surface area (Å²) < 4.78 is 10.8. The number of morpholine rings is 1. The summed E-state index contributed by atoms with van der Waals surface area (Å²) in [6.07, 6.45) is 1.80. The van der Waals surface area contributed by atoms with E-state index in [4.69, 9.17) is 9.26 Å². The first-order chi connectivity index (χ1) is 10.2. The van der Waals surface area contributed by atoms with Crippen LogP contribution >= 0.6 is 0 Å². The molecule has 7 nitrogen and oxygen atoms in total. The second kappa shape index (κ2) is 6.19. The molecule has 0 unspecified atom stereocenters. The van der Waals surface area contributed by atoms with Crippen LogP contribution in [0.4, 0.5) is 5.69 Å². The van der Waals surface area contributed by atoms with Crippen LogP contribution in [0.5, 0.6) is 0 Å². The van der Waals surface area contributed by atoms with Crippen molar-refractivity contribution < 1.29 is 9.26 Å². The first kappa shape index (κ1) is 14.0. The maximum Gasteiger partial charge on any atom is 0.223 e. The smallest absolute Gasteiger partial charge is 0.223 e. The average Bonchev–Trinajstić information content (AvgIpc) is 2.93. The summed E-state index contributed by atoms with van der Waals surface area (Å²) in [7, 11) is 1.88. The number of aryl methyl sites for hydroxylation is 1. The third-order valence-electron chi connectivity index (χ3n) is 3.49. The van der Waals surface area contributed by atoms with Gasteiger partial charge in [0.2, 0.25) is 5.89 Å². The quantitative estimate of drug-likeness (QED) is 0.911. The van der Waals surface area contributed by atoms with Gasteiger partial charge in [-0.15, -0.1) is 0 Å². The maximum atomic E-state index is 5.82. The van der Waals surface area contributed by atoms with Crippen LogP contribution in [0.3, 0.4) is 0 Å². The van der Waals surface area contributed by atoms with Crippen molar-refractivity contribution in [2.45, 2.75) is 19.6 Å². The Morgan fingerprint density at radius 3 is 3.00 bits per heavy atom. The topological polar surface area (TPSA) is 76.3 Å². The molecule has 1 saturated heterocycles. The number of rotatable bonds is 4. The van der Waals surface area contributed by atoms with Gasteiger partial charge in [-0.05, 0) is 12.1 Å². The van der Waals surface area contributed by atoms with Gasteiger partial charge in [-0.3, -0.25) is 9.88 Å². The minimum Gasteiger partial charge on any atom is -0.387 e. The first-order valence-electron chi connectivity index (χ1n) is 7.01. The Bertz CT molecular complexity index is 583. The Labute approximate surface area is 123 Å². The number of pyridine rings is 1. The molecule has 0 saturated carbocycles. The SMILES string of the molecule is CNc1ccc([C@H]2CN(Cc3noc(C)n3)CCO2)nc1. The number of nitrogens with zero attached hydrogens (tertiary/aromatic N) is 4. The van der Waals surface area contributed by atoms with E-state index in [2.05, 4.69) is 25.3 Å². The highest BCUT2D eigenvalue weighted by atomic mass is 16.5. The van der Waals surface area contributed by atoms with E-state index in [1.54, 1.807) is 6.92 Å². The van der Waals surface area contributed by atoms with Gasteiger partial charge in [-0.2, -0.15) is 4.98 Å². The van der Waals surface area contributed by atoms with Crippen molar-refractivity contribution in [1.82, 2.24) is 20.0 Å².